The number of carbonyl (C=O) groups excluding carboxylic acids is 1. The summed E-state index contributed by atoms with van der Waals surface area (Å²) in [5.74, 6) is -0.0133. The number of rotatable bonds is 4. The first-order valence-corrected chi connectivity index (χ1v) is 7.66. The topological polar surface area (TPSA) is 72.5 Å². The lowest BCUT2D eigenvalue weighted by Gasteiger charge is -2.08. The predicted molar refractivity (Wildman–Crippen MR) is 79.7 cm³/mol. The molecule has 5 nitrogen and oxygen atoms in total. The molecule has 0 saturated carbocycles. The van der Waals surface area contributed by atoms with E-state index < -0.39 is 10.1 Å². The van der Waals surface area contributed by atoms with Crippen molar-refractivity contribution in [3.63, 3.8) is 0 Å². The van der Waals surface area contributed by atoms with Gasteiger partial charge < -0.3 is 9.50 Å². The first kappa shape index (κ1) is 15.1. The molecule has 2 aromatic carbocycles. The van der Waals surface area contributed by atoms with Crippen LogP contribution in [0.4, 0.5) is 5.69 Å². The molecule has 0 aliphatic rings. The first-order valence-electron chi connectivity index (χ1n) is 6.26. The highest BCUT2D eigenvalue weighted by atomic mass is 32.2. The summed E-state index contributed by atoms with van der Waals surface area (Å²) >= 11 is 0. The fraction of sp³-hybridized carbons (Fsp3) is 0.133. The Bertz CT molecular complexity index is 734. The normalized spacial score (nSPS) is 11.0. The van der Waals surface area contributed by atoms with Gasteiger partial charge in [-0.15, -0.1) is 0 Å². The average molecular weight is 305 g/mol. The largest absolute Gasteiger partial charge is 0.379 e. The monoisotopic (exact) mass is 305 g/mol. The van der Waals surface area contributed by atoms with Crippen LogP contribution in [0.15, 0.2) is 53.4 Å². The highest BCUT2D eigenvalue weighted by molar-refractivity contribution is 7.87. The number of anilines is 1. The van der Waals surface area contributed by atoms with E-state index in [2.05, 4.69) is 5.32 Å². The Kier molecular flexibility index (Phi) is 4.28. The lowest BCUT2D eigenvalue weighted by atomic mass is 10.2. The van der Waals surface area contributed by atoms with E-state index in [-0.39, 0.29) is 16.6 Å². The summed E-state index contributed by atoms with van der Waals surface area (Å²) in [5, 5.41) is 2.59. The number of hydrogen-bond donors (Lipinski definition) is 1. The highest BCUT2D eigenvalue weighted by Gasteiger charge is 2.16. The van der Waals surface area contributed by atoms with Gasteiger partial charge in [0.2, 0.25) is 5.91 Å². The van der Waals surface area contributed by atoms with Crippen LogP contribution in [0.25, 0.3) is 0 Å². The molecule has 0 aliphatic heterocycles. The highest BCUT2D eigenvalue weighted by Crippen LogP contribution is 2.21. The third-order valence-electron chi connectivity index (χ3n) is 2.69. The zero-order valence-electron chi connectivity index (χ0n) is 11.7. The molecule has 0 unspecified atom stereocenters. The molecular formula is C15H15NO4S. The van der Waals surface area contributed by atoms with Crippen molar-refractivity contribution in [3.8, 4) is 5.75 Å². The summed E-state index contributed by atoms with van der Waals surface area (Å²) in [5.41, 5.74) is 1.54. The maximum absolute atomic E-state index is 12.1. The number of nitrogens with one attached hydrogen (secondary N) is 1. The minimum Gasteiger partial charge on any atom is -0.379 e. The van der Waals surface area contributed by atoms with Gasteiger partial charge in [-0.2, -0.15) is 8.42 Å². The summed E-state index contributed by atoms with van der Waals surface area (Å²) in [7, 11) is -3.85. The van der Waals surface area contributed by atoms with Crippen molar-refractivity contribution in [1.29, 1.82) is 0 Å². The van der Waals surface area contributed by atoms with Crippen LogP contribution in [0.1, 0.15) is 12.5 Å². The molecule has 0 spiro atoms. The van der Waals surface area contributed by atoms with Crippen molar-refractivity contribution in [2.75, 3.05) is 5.32 Å². The number of aryl methyl sites for hydroxylation is 1. The van der Waals surface area contributed by atoms with Gasteiger partial charge in [-0.3, -0.25) is 4.79 Å². The summed E-state index contributed by atoms with van der Waals surface area (Å²) in [6.45, 7) is 3.27. The second-order valence-corrected chi connectivity index (χ2v) is 6.10. The summed E-state index contributed by atoms with van der Waals surface area (Å²) in [4.78, 5) is 11.0. The Labute approximate surface area is 123 Å². The molecule has 1 N–H and O–H groups in total. The molecule has 0 fully saturated rings. The van der Waals surface area contributed by atoms with Crippen molar-refractivity contribution < 1.29 is 17.4 Å². The van der Waals surface area contributed by atoms with E-state index in [9.17, 15) is 13.2 Å². The third kappa shape index (κ3) is 4.06. The van der Waals surface area contributed by atoms with Gasteiger partial charge in [0.25, 0.3) is 0 Å². The lowest BCUT2D eigenvalue weighted by Crippen LogP contribution is -2.10. The van der Waals surface area contributed by atoms with Crippen molar-refractivity contribution in [1.82, 2.24) is 0 Å². The first-order chi connectivity index (χ1) is 9.87. The van der Waals surface area contributed by atoms with Crippen LogP contribution in [-0.4, -0.2) is 14.3 Å². The van der Waals surface area contributed by atoms with Crippen LogP contribution in [0.2, 0.25) is 0 Å². The summed E-state index contributed by atoms with van der Waals surface area (Å²) in [6, 6.07) is 12.5. The minimum absolute atomic E-state index is 0.0963. The standard InChI is InChI=1S/C15H15NO4S/c1-11-3-9-15(10-4-11)21(18,19)20-14-7-5-13(6-8-14)16-12(2)17/h3-10H,1-2H3,(H,16,17). The van der Waals surface area contributed by atoms with Gasteiger partial charge in [-0.05, 0) is 43.3 Å². The Morgan fingerprint density at radius 2 is 1.57 bits per heavy atom. The van der Waals surface area contributed by atoms with Crippen LogP contribution in [0.5, 0.6) is 5.75 Å². The molecule has 0 aliphatic carbocycles. The lowest BCUT2D eigenvalue weighted by molar-refractivity contribution is -0.114. The van der Waals surface area contributed by atoms with Gasteiger partial charge in [0.05, 0.1) is 0 Å². The van der Waals surface area contributed by atoms with Crippen LogP contribution in [0, 0.1) is 6.92 Å². The molecule has 0 aromatic heterocycles. The molecule has 2 aromatic rings. The van der Waals surface area contributed by atoms with Gasteiger partial charge in [-0.1, -0.05) is 17.7 Å². The Morgan fingerprint density at radius 1 is 1.00 bits per heavy atom. The van der Waals surface area contributed by atoms with E-state index in [0.717, 1.165) is 5.56 Å². The minimum atomic E-state index is -3.85. The average Bonchev–Trinajstić information content (AvgIpc) is 2.40. The van der Waals surface area contributed by atoms with Crippen LogP contribution in [-0.2, 0) is 14.9 Å². The van der Waals surface area contributed by atoms with Crippen molar-refractivity contribution >= 4 is 21.7 Å². The van der Waals surface area contributed by atoms with Gasteiger partial charge in [-0.25, -0.2) is 0 Å². The van der Waals surface area contributed by atoms with E-state index in [1.165, 1.54) is 31.2 Å². The zero-order chi connectivity index (χ0) is 15.5. The van der Waals surface area contributed by atoms with Crippen molar-refractivity contribution in [3.05, 3.63) is 54.1 Å². The van der Waals surface area contributed by atoms with Gasteiger partial charge in [0.15, 0.2) is 0 Å². The zero-order valence-corrected chi connectivity index (χ0v) is 12.5. The fourth-order valence-electron chi connectivity index (χ4n) is 1.68. The van der Waals surface area contributed by atoms with E-state index in [4.69, 9.17) is 4.18 Å². The van der Waals surface area contributed by atoms with E-state index in [1.807, 2.05) is 6.92 Å². The Hall–Kier alpha value is -2.34. The second-order valence-electron chi connectivity index (χ2n) is 4.56. The maximum Gasteiger partial charge on any atom is 0.339 e. The maximum atomic E-state index is 12.1. The fourth-order valence-corrected chi connectivity index (χ4v) is 2.61. The summed E-state index contributed by atoms with van der Waals surface area (Å²) < 4.78 is 29.2. The van der Waals surface area contributed by atoms with Gasteiger partial charge in [0, 0.05) is 12.6 Å². The predicted octanol–water partition coefficient (Wildman–Crippen LogP) is 2.72. The van der Waals surface area contributed by atoms with Crippen LogP contribution in [0.3, 0.4) is 0 Å². The van der Waals surface area contributed by atoms with Crippen LogP contribution >= 0.6 is 0 Å². The SMILES string of the molecule is CC(=O)Nc1ccc(OS(=O)(=O)c2ccc(C)cc2)cc1. The number of amides is 1. The molecule has 0 heterocycles. The molecule has 6 heteroatoms. The second kappa shape index (κ2) is 5.97. The molecular weight excluding hydrogens is 290 g/mol. The molecule has 1 amide bonds. The number of hydrogen-bond acceptors (Lipinski definition) is 4. The Balaban J connectivity index is 2.16. The molecule has 0 bridgehead atoms. The molecule has 0 radical (unpaired) electrons. The van der Waals surface area contributed by atoms with Crippen molar-refractivity contribution in [2.45, 2.75) is 18.7 Å². The van der Waals surface area contributed by atoms with E-state index >= 15 is 0 Å². The molecule has 2 rings (SSSR count). The number of benzene rings is 2. The van der Waals surface area contributed by atoms with Gasteiger partial charge >= 0.3 is 10.1 Å². The summed E-state index contributed by atoms with van der Waals surface area (Å²) in [6.07, 6.45) is 0. The third-order valence-corrected chi connectivity index (χ3v) is 3.95. The van der Waals surface area contributed by atoms with Gasteiger partial charge in [0.1, 0.15) is 10.6 Å². The Morgan fingerprint density at radius 3 is 2.10 bits per heavy atom. The number of carbonyl (C=O) groups is 1. The molecule has 0 saturated heterocycles. The molecule has 21 heavy (non-hydrogen) atoms. The smallest absolute Gasteiger partial charge is 0.339 e. The molecule has 110 valence electrons. The van der Waals surface area contributed by atoms with E-state index in [1.54, 1.807) is 24.3 Å². The quantitative estimate of drug-likeness (QED) is 0.882. The van der Waals surface area contributed by atoms with Crippen molar-refractivity contribution in [2.24, 2.45) is 0 Å². The van der Waals surface area contributed by atoms with Crippen LogP contribution < -0.4 is 9.50 Å². The van der Waals surface area contributed by atoms with E-state index in [0.29, 0.717) is 5.69 Å². The molecule has 0 atom stereocenters.